The molecule has 1 aliphatic rings. The van der Waals surface area contributed by atoms with E-state index in [4.69, 9.17) is 20.6 Å². The lowest BCUT2D eigenvalue weighted by Gasteiger charge is -2.45. The van der Waals surface area contributed by atoms with Gasteiger partial charge in [-0.1, -0.05) is 12.1 Å². The molecule has 0 radical (unpaired) electrons. The highest BCUT2D eigenvalue weighted by atomic mass is 31.2. The fourth-order valence-corrected chi connectivity index (χ4v) is 3.77. The molecule has 166 valence electrons. The molecule has 1 aromatic rings. The van der Waals surface area contributed by atoms with Crippen molar-refractivity contribution in [2.45, 2.75) is 43.6 Å². The molecule has 7 N–H and O–H groups in total. The van der Waals surface area contributed by atoms with Crippen LogP contribution in [0.2, 0.25) is 0 Å². The predicted octanol–water partition coefficient (Wildman–Crippen LogP) is -0.297. The van der Waals surface area contributed by atoms with Crippen LogP contribution in [0.3, 0.4) is 0 Å². The number of anilines is 1. The van der Waals surface area contributed by atoms with E-state index in [1.807, 2.05) is 0 Å². The van der Waals surface area contributed by atoms with Gasteiger partial charge < -0.3 is 36.0 Å². The second kappa shape index (κ2) is 9.67. The summed E-state index contributed by atoms with van der Waals surface area (Å²) < 4.78 is 11.0. The average molecular weight is 443 g/mol. The first-order chi connectivity index (χ1) is 13.9. The van der Waals surface area contributed by atoms with E-state index >= 15 is 0 Å². The van der Waals surface area contributed by atoms with Gasteiger partial charge in [-0.05, 0) is 24.1 Å². The summed E-state index contributed by atoms with van der Waals surface area (Å²) in [6.45, 7) is 0. The van der Waals surface area contributed by atoms with Gasteiger partial charge in [0, 0.05) is 38.0 Å². The Hall–Kier alpha value is -2.30. The standard InChI is InChI=1S/C18H26N3O8P/c1-21(17-12(18(25)26)9-13(17)19)15(23)7-6-14(22)20-11-4-2-10(3-5-11)8-16(24)30(27,28)29/h2-5,12-13,16-17,24H,6-9,19H2,1H3,(H,20,22)(H,25,26)(H2,27,28,29). The van der Waals surface area contributed by atoms with Gasteiger partial charge >= 0.3 is 13.6 Å². The maximum absolute atomic E-state index is 12.3. The van der Waals surface area contributed by atoms with Crippen molar-refractivity contribution < 1.29 is 38.9 Å². The SMILES string of the molecule is CN(C(=O)CCC(=O)Nc1ccc(CC(O)P(=O)(O)O)cc1)C1C(N)CC1C(=O)O. The highest BCUT2D eigenvalue weighted by Crippen LogP contribution is 2.41. The number of nitrogens with zero attached hydrogens (tertiary/aromatic N) is 1. The fraction of sp³-hybridized carbons (Fsp3) is 0.500. The Morgan fingerprint density at radius 2 is 1.83 bits per heavy atom. The molecule has 12 heteroatoms. The van der Waals surface area contributed by atoms with Crippen LogP contribution < -0.4 is 11.1 Å². The number of carbonyl (C=O) groups excluding carboxylic acids is 2. The van der Waals surface area contributed by atoms with Crippen molar-refractivity contribution in [3.05, 3.63) is 29.8 Å². The molecule has 4 unspecified atom stereocenters. The number of amides is 2. The lowest BCUT2D eigenvalue weighted by atomic mass is 9.74. The topological polar surface area (TPSA) is 190 Å². The zero-order valence-electron chi connectivity index (χ0n) is 16.3. The molecule has 2 amide bonds. The number of carboxylic acids is 1. The third kappa shape index (κ3) is 6.10. The molecular weight excluding hydrogens is 417 g/mol. The van der Waals surface area contributed by atoms with E-state index in [1.165, 1.54) is 36.2 Å². The van der Waals surface area contributed by atoms with Crippen molar-refractivity contribution in [3.8, 4) is 0 Å². The van der Waals surface area contributed by atoms with E-state index in [1.54, 1.807) is 0 Å². The summed E-state index contributed by atoms with van der Waals surface area (Å²) in [6.07, 6.45) is -0.148. The van der Waals surface area contributed by atoms with E-state index < -0.39 is 43.3 Å². The zero-order valence-corrected chi connectivity index (χ0v) is 17.2. The van der Waals surface area contributed by atoms with Crippen molar-refractivity contribution in [1.29, 1.82) is 0 Å². The molecular formula is C18H26N3O8P. The van der Waals surface area contributed by atoms with Crippen LogP contribution in [-0.2, 0) is 25.4 Å². The summed E-state index contributed by atoms with van der Waals surface area (Å²) in [6, 6.07) is 5.05. The summed E-state index contributed by atoms with van der Waals surface area (Å²) in [7, 11) is -3.12. The predicted molar refractivity (Wildman–Crippen MR) is 106 cm³/mol. The lowest BCUT2D eigenvalue weighted by molar-refractivity contribution is -0.153. The number of likely N-dealkylation sites (N-methyl/N-ethyl adjacent to an activating group) is 1. The largest absolute Gasteiger partial charge is 0.481 e. The Morgan fingerprint density at radius 1 is 1.23 bits per heavy atom. The van der Waals surface area contributed by atoms with E-state index in [0.29, 0.717) is 17.7 Å². The quantitative estimate of drug-likeness (QED) is 0.278. The second-order valence-corrected chi connectivity index (χ2v) is 9.13. The number of hydrogen-bond donors (Lipinski definition) is 6. The van der Waals surface area contributed by atoms with Crippen molar-refractivity contribution in [2.75, 3.05) is 12.4 Å². The van der Waals surface area contributed by atoms with Gasteiger partial charge in [0.25, 0.3) is 0 Å². The molecule has 0 saturated heterocycles. The van der Waals surface area contributed by atoms with Gasteiger partial charge in [0.2, 0.25) is 11.8 Å². The molecule has 0 spiro atoms. The van der Waals surface area contributed by atoms with Gasteiger partial charge in [0.05, 0.1) is 12.0 Å². The smallest absolute Gasteiger partial charge is 0.354 e. The van der Waals surface area contributed by atoms with E-state index in [-0.39, 0.29) is 25.2 Å². The third-order valence-corrected chi connectivity index (χ3v) is 6.10. The fourth-order valence-electron chi connectivity index (χ4n) is 3.32. The Morgan fingerprint density at radius 3 is 2.33 bits per heavy atom. The second-order valence-electron chi connectivity index (χ2n) is 7.36. The van der Waals surface area contributed by atoms with Crippen LogP contribution in [0.1, 0.15) is 24.8 Å². The Bertz CT molecular complexity index is 840. The lowest BCUT2D eigenvalue weighted by Crippen LogP contribution is -2.63. The van der Waals surface area contributed by atoms with E-state index in [0.717, 1.165) is 0 Å². The van der Waals surface area contributed by atoms with Crippen LogP contribution >= 0.6 is 7.60 Å². The summed E-state index contributed by atoms with van der Waals surface area (Å²) in [5.74, 6) is -4.31. The maximum atomic E-state index is 12.3. The summed E-state index contributed by atoms with van der Waals surface area (Å²) in [4.78, 5) is 54.6. The molecule has 0 aromatic heterocycles. The summed E-state index contributed by atoms with van der Waals surface area (Å²) in [5, 5.41) is 21.2. The number of carboxylic acid groups (broad SMARTS) is 1. The molecule has 1 aliphatic carbocycles. The van der Waals surface area contributed by atoms with Crippen LogP contribution in [-0.4, -0.2) is 67.7 Å². The number of carbonyl (C=O) groups is 3. The van der Waals surface area contributed by atoms with Crippen molar-refractivity contribution in [3.63, 3.8) is 0 Å². The number of hydrogen-bond acceptors (Lipinski definition) is 6. The number of rotatable bonds is 9. The van der Waals surface area contributed by atoms with Gasteiger partial charge in [-0.2, -0.15) is 0 Å². The molecule has 4 atom stereocenters. The molecule has 1 fully saturated rings. The molecule has 2 rings (SSSR count). The highest BCUT2D eigenvalue weighted by molar-refractivity contribution is 7.52. The number of nitrogens with two attached hydrogens (primary N) is 1. The Labute approximate surface area is 173 Å². The van der Waals surface area contributed by atoms with Gasteiger partial charge in [-0.15, -0.1) is 0 Å². The summed E-state index contributed by atoms with van der Waals surface area (Å²) in [5.41, 5.74) is 6.71. The van der Waals surface area contributed by atoms with Crippen LogP contribution in [0.25, 0.3) is 0 Å². The molecule has 0 aliphatic heterocycles. The minimum atomic E-state index is -4.59. The van der Waals surface area contributed by atoms with Crippen molar-refractivity contribution in [2.24, 2.45) is 11.7 Å². The number of nitrogens with one attached hydrogen (secondary N) is 1. The van der Waals surface area contributed by atoms with Crippen LogP contribution in [0.4, 0.5) is 5.69 Å². The normalized spacial score (nSPS) is 22.0. The first-order valence-electron chi connectivity index (χ1n) is 9.26. The monoisotopic (exact) mass is 443 g/mol. The molecule has 0 heterocycles. The third-order valence-electron chi connectivity index (χ3n) is 5.14. The van der Waals surface area contributed by atoms with Gasteiger partial charge in [-0.3, -0.25) is 18.9 Å². The number of aliphatic hydroxyl groups is 1. The van der Waals surface area contributed by atoms with E-state index in [2.05, 4.69) is 5.32 Å². The Kier molecular flexibility index (Phi) is 7.73. The number of aliphatic hydroxyl groups excluding tert-OH is 1. The number of benzene rings is 1. The molecule has 30 heavy (non-hydrogen) atoms. The van der Waals surface area contributed by atoms with Crippen LogP contribution in [0.15, 0.2) is 24.3 Å². The minimum absolute atomic E-state index is 0.107. The van der Waals surface area contributed by atoms with Crippen LogP contribution in [0, 0.1) is 5.92 Å². The van der Waals surface area contributed by atoms with Crippen LogP contribution in [0.5, 0.6) is 0 Å². The molecule has 1 aromatic carbocycles. The van der Waals surface area contributed by atoms with Gasteiger partial charge in [0.1, 0.15) is 0 Å². The first-order valence-corrected chi connectivity index (χ1v) is 10.9. The highest BCUT2D eigenvalue weighted by Gasteiger charge is 2.47. The molecule has 0 bridgehead atoms. The number of aliphatic carboxylic acids is 1. The van der Waals surface area contributed by atoms with Gasteiger partial charge in [0.15, 0.2) is 5.85 Å². The maximum Gasteiger partial charge on any atom is 0.354 e. The summed E-state index contributed by atoms with van der Waals surface area (Å²) >= 11 is 0. The molecule has 11 nitrogen and oxygen atoms in total. The van der Waals surface area contributed by atoms with Crippen molar-refractivity contribution in [1.82, 2.24) is 4.90 Å². The Balaban J connectivity index is 1.82. The van der Waals surface area contributed by atoms with E-state index in [9.17, 15) is 24.1 Å². The van der Waals surface area contributed by atoms with Crippen molar-refractivity contribution >= 4 is 31.1 Å². The molecule has 1 saturated carbocycles. The first kappa shape index (κ1) is 24.0. The average Bonchev–Trinajstić information content (AvgIpc) is 2.64. The zero-order chi connectivity index (χ0) is 22.6. The minimum Gasteiger partial charge on any atom is -0.481 e. The van der Waals surface area contributed by atoms with Gasteiger partial charge in [-0.25, -0.2) is 0 Å².